The predicted octanol–water partition coefficient (Wildman–Crippen LogP) is 4.89. The number of anilines is 1. The topological polar surface area (TPSA) is 17.0 Å². The summed E-state index contributed by atoms with van der Waals surface area (Å²) in [5.41, 5.74) is 5.13. The number of benzene rings is 1. The van der Waals surface area contributed by atoms with Gasteiger partial charge in [0.15, 0.2) is 0 Å². The normalized spacial score (nSPS) is 10.7. The van der Waals surface area contributed by atoms with Crippen LogP contribution in [-0.2, 0) is 13.1 Å². The van der Waals surface area contributed by atoms with Gasteiger partial charge in [0.25, 0.3) is 0 Å². The van der Waals surface area contributed by atoms with E-state index < -0.39 is 0 Å². The first-order valence-electron chi connectivity index (χ1n) is 6.75. The molecule has 0 aliphatic carbocycles. The Kier molecular flexibility index (Phi) is 4.70. The number of aromatic nitrogens is 1. The van der Waals surface area contributed by atoms with Crippen LogP contribution < -0.4 is 5.32 Å². The van der Waals surface area contributed by atoms with Gasteiger partial charge in [0, 0.05) is 35.6 Å². The number of nitrogens with zero attached hydrogens (tertiary/aromatic N) is 1. The maximum atomic E-state index is 3.55. The number of aryl methyl sites for hydroxylation is 3. The Bertz CT molecular complexity index is 535. The minimum absolute atomic E-state index is 0.875. The van der Waals surface area contributed by atoms with E-state index in [9.17, 15) is 0 Å². The van der Waals surface area contributed by atoms with Crippen LogP contribution in [0, 0.1) is 13.8 Å². The molecule has 2 nitrogen and oxygen atoms in total. The molecule has 1 heterocycles. The third-order valence-corrected chi connectivity index (χ3v) is 3.72. The maximum Gasteiger partial charge on any atom is 0.0416 e. The van der Waals surface area contributed by atoms with Crippen molar-refractivity contribution in [1.82, 2.24) is 4.57 Å². The molecule has 0 spiro atoms. The molecule has 0 saturated heterocycles. The maximum absolute atomic E-state index is 3.55. The Balaban J connectivity index is 2.05. The lowest BCUT2D eigenvalue weighted by atomic mass is 10.1. The molecule has 0 atom stereocenters. The summed E-state index contributed by atoms with van der Waals surface area (Å²) >= 11 is 3.53. The summed E-state index contributed by atoms with van der Waals surface area (Å²) in [6.45, 7) is 8.45. The van der Waals surface area contributed by atoms with Gasteiger partial charge in [0.1, 0.15) is 0 Å². The van der Waals surface area contributed by atoms with Gasteiger partial charge in [-0.1, -0.05) is 22.9 Å². The van der Waals surface area contributed by atoms with Crippen molar-refractivity contribution in [2.45, 2.75) is 40.3 Å². The van der Waals surface area contributed by atoms with Gasteiger partial charge in [-0.15, -0.1) is 0 Å². The number of nitrogens with one attached hydrogen (secondary N) is 1. The molecule has 3 heteroatoms. The van der Waals surface area contributed by atoms with Gasteiger partial charge in [-0.2, -0.15) is 0 Å². The van der Waals surface area contributed by atoms with Crippen LogP contribution in [0.1, 0.15) is 30.0 Å². The lowest BCUT2D eigenvalue weighted by Gasteiger charge is -2.12. The van der Waals surface area contributed by atoms with Gasteiger partial charge in [-0.05, 0) is 55.2 Å². The Morgan fingerprint density at radius 2 is 1.89 bits per heavy atom. The van der Waals surface area contributed by atoms with E-state index in [0.717, 1.165) is 17.6 Å². The summed E-state index contributed by atoms with van der Waals surface area (Å²) in [5, 5.41) is 3.55. The van der Waals surface area contributed by atoms with Crippen LogP contribution in [0.2, 0.25) is 0 Å². The molecular weight excluding hydrogens is 300 g/mol. The fourth-order valence-corrected chi connectivity index (χ4v) is 3.06. The van der Waals surface area contributed by atoms with Crippen LogP contribution in [0.4, 0.5) is 5.69 Å². The second kappa shape index (κ2) is 6.29. The zero-order chi connectivity index (χ0) is 13.8. The molecule has 102 valence electrons. The zero-order valence-corrected chi connectivity index (χ0v) is 13.4. The number of hydrogen-bond acceptors (Lipinski definition) is 1. The third kappa shape index (κ3) is 3.63. The highest BCUT2D eigenvalue weighted by Gasteiger charge is 2.04. The summed E-state index contributed by atoms with van der Waals surface area (Å²) in [6, 6.07) is 6.49. The molecule has 0 saturated carbocycles. The molecule has 0 unspecified atom stereocenters. The monoisotopic (exact) mass is 320 g/mol. The first kappa shape index (κ1) is 14.2. The van der Waals surface area contributed by atoms with Crippen LogP contribution >= 0.6 is 15.9 Å². The second-order valence-corrected chi connectivity index (χ2v) is 5.94. The van der Waals surface area contributed by atoms with Crippen molar-refractivity contribution in [2.75, 3.05) is 5.32 Å². The number of rotatable bonds is 5. The van der Waals surface area contributed by atoms with E-state index in [1.165, 1.54) is 28.8 Å². The minimum Gasteiger partial charge on any atom is -0.380 e. The fraction of sp³-hybridized carbons (Fsp3) is 0.375. The predicted molar refractivity (Wildman–Crippen MR) is 85.7 cm³/mol. The molecule has 1 N–H and O–H groups in total. The summed E-state index contributed by atoms with van der Waals surface area (Å²) in [4.78, 5) is 0. The SMILES string of the molecule is CCCn1ccc(CNc2c(C)cc(Br)cc2C)c1. The first-order chi connectivity index (χ1) is 9.10. The van der Waals surface area contributed by atoms with Crippen molar-refractivity contribution in [3.8, 4) is 0 Å². The van der Waals surface area contributed by atoms with Crippen LogP contribution in [0.3, 0.4) is 0 Å². The average Bonchev–Trinajstić information content (AvgIpc) is 2.76. The lowest BCUT2D eigenvalue weighted by Crippen LogP contribution is -2.02. The van der Waals surface area contributed by atoms with Gasteiger partial charge in [-0.25, -0.2) is 0 Å². The van der Waals surface area contributed by atoms with Crippen molar-refractivity contribution >= 4 is 21.6 Å². The molecule has 0 bridgehead atoms. The quantitative estimate of drug-likeness (QED) is 0.830. The van der Waals surface area contributed by atoms with Crippen molar-refractivity contribution in [2.24, 2.45) is 0 Å². The Morgan fingerprint density at radius 1 is 1.21 bits per heavy atom. The van der Waals surface area contributed by atoms with Crippen molar-refractivity contribution in [1.29, 1.82) is 0 Å². The summed E-state index contributed by atoms with van der Waals surface area (Å²) in [6.07, 6.45) is 5.55. The smallest absolute Gasteiger partial charge is 0.0416 e. The van der Waals surface area contributed by atoms with E-state index in [2.05, 4.69) is 77.2 Å². The molecular formula is C16H21BrN2. The van der Waals surface area contributed by atoms with Crippen molar-refractivity contribution < 1.29 is 0 Å². The van der Waals surface area contributed by atoms with E-state index in [4.69, 9.17) is 0 Å². The largest absolute Gasteiger partial charge is 0.380 e. The third-order valence-electron chi connectivity index (χ3n) is 3.26. The summed E-state index contributed by atoms with van der Waals surface area (Å²) < 4.78 is 3.39. The number of halogens is 1. The fourth-order valence-electron chi connectivity index (χ4n) is 2.37. The van der Waals surface area contributed by atoms with Gasteiger partial charge in [0.2, 0.25) is 0 Å². The molecule has 0 radical (unpaired) electrons. The Labute approximate surface area is 124 Å². The molecule has 2 rings (SSSR count). The lowest BCUT2D eigenvalue weighted by molar-refractivity contribution is 0.681. The van der Waals surface area contributed by atoms with E-state index in [0.29, 0.717) is 0 Å². The van der Waals surface area contributed by atoms with Gasteiger partial charge < -0.3 is 9.88 Å². The van der Waals surface area contributed by atoms with Crippen molar-refractivity contribution in [3.63, 3.8) is 0 Å². The summed E-state index contributed by atoms with van der Waals surface area (Å²) in [7, 11) is 0. The summed E-state index contributed by atoms with van der Waals surface area (Å²) in [5.74, 6) is 0. The highest BCUT2D eigenvalue weighted by molar-refractivity contribution is 9.10. The standard InChI is InChI=1S/C16H21BrN2/c1-4-6-19-7-5-14(11-19)10-18-16-12(2)8-15(17)9-13(16)3/h5,7-9,11,18H,4,6,10H2,1-3H3. The van der Waals surface area contributed by atoms with E-state index in [1.54, 1.807) is 0 Å². The molecule has 19 heavy (non-hydrogen) atoms. The molecule has 0 aliphatic heterocycles. The zero-order valence-electron chi connectivity index (χ0n) is 11.8. The highest BCUT2D eigenvalue weighted by atomic mass is 79.9. The molecule has 0 fully saturated rings. The van der Waals surface area contributed by atoms with Gasteiger partial charge >= 0.3 is 0 Å². The van der Waals surface area contributed by atoms with Crippen LogP contribution in [0.15, 0.2) is 35.1 Å². The molecule has 1 aromatic carbocycles. The Morgan fingerprint density at radius 3 is 2.53 bits per heavy atom. The van der Waals surface area contributed by atoms with Gasteiger partial charge in [0.05, 0.1) is 0 Å². The van der Waals surface area contributed by atoms with Crippen LogP contribution in [0.25, 0.3) is 0 Å². The minimum atomic E-state index is 0.875. The molecule has 0 aliphatic rings. The molecule has 2 aromatic rings. The van der Waals surface area contributed by atoms with Crippen LogP contribution in [0.5, 0.6) is 0 Å². The van der Waals surface area contributed by atoms with E-state index in [-0.39, 0.29) is 0 Å². The van der Waals surface area contributed by atoms with Gasteiger partial charge in [-0.3, -0.25) is 0 Å². The van der Waals surface area contributed by atoms with Crippen molar-refractivity contribution in [3.05, 3.63) is 51.8 Å². The Hall–Kier alpha value is -1.22. The average molecular weight is 321 g/mol. The van der Waals surface area contributed by atoms with E-state index in [1.807, 2.05) is 0 Å². The van der Waals surface area contributed by atoms with Crippen LogP contribution in [-0.4, -0.2) is 4.57 Å². The number of hydrogen-bond donors (Lipinski definition) is 1. The molecule has 1 aromatic heterocycles. The van der Waals surface area contributed by atoms with E-state index >= 15 is 0 Å². The molecule has 0 amide bonds. The highest BCUT2D eigenvalue weighted by Crippen LogP contribution is 2.25. The first-order valence-corrected chi connectivity index (χ1v) is 7.54. The second-order valence-electron chi connectivity index (χ2n) is 5.03.